The van der Waals surface area contributed by atoms with Gasteiger partial charge in [-0.15, -0.1) is 0 Å². The highest BCUT2D eigenvalue weighted by molar-refractivity contribution is 5.81. The fourth-order valence-corrected chi connectivity index (χ4v) is 2.76. The molecule has 0 saturated carbocycles. The van der Waals surface area contributed by atoms with Gasteiger partial charge >= 0.3 is 0 Å². The molecule has 0 radical (unpaired) electrons. The lowest BCUT2D eigenvalue weighted by Crippen LogP contribution is -2.35. The van der Waals surface area contributed by atoms with Crippen molar-refractivity contribution in [1.82, 2.24) is 20.6 Å². The topological polar surface area (TPSA) is 88.9 Å². The van der Waals surface area contributed by atoms with Crippen molar-refractivity contribution in [3.63, 3.8) is 0 Å². The molecule has 0 fully saturated rings. The van der Waals surface area contributed by atoms with Crippen LogP contribution in [0.25, 0.3) is 11.3 Å². The standard InChI is InChI=1S/C21H22N6/c22-15-26-21(24-11-5-9-17-6-2-1-3-7-17)25-13-18-8-4-10-19(12-18)20-14-23-16-27-20/h1-4,6-8,10,12,14,16H,5,9,11,13H2,(H,23,27)(H2,24,25,26). The van der Waals surface area contributed by atoms with Crippen molar-refractivity contribution in [2.24, 2.45) is 4.99 Å². The molecule has 6 heteroatoms. The first kappa shape index (κ1) is 18.2. The molecule has 3 N–H and O–H groups in total. The van der Waals surface area contributed by atoms with Crippen molar-refractivity contribution in [2.45, 2.75) is 19.4 Å². The number of aromatic nitrogens is 2. The Morgan fingerprint density at radius 2 is 1.96 bits per heavy atom. The lowest BCUT2D eigenvalue weighted by Gasteiger charge is -2.08. The van der Waals surface area contributed by atoms with Crippen LogP contribution in [0.3, 0.4) is 0 Å². The third kappa shape index (κ3) is 5.72. The van der Waals surface area contributed by atoms with Crippen LogP contribution in [0.2, 0.25) is 0 Å². The van der Waals surface area contributed by atoms with Gasteiger partial charge in [0.05, 0.1) is 24.8 Å². The molecule has 0 aliphatic rings. The number of guanidine groups is 1. The summed E-state index contributed by atoms with van der Waals surface area (Å²) >= 11 is 0. The Morgan fingerprint density at radius 1 is 1.11 bits per heavy atom. The largest absolute Gasteiger partial charge is 0.356 e. The summed E-state index contributed by atoms with van der Waals surface area (Å²) in [4.78, 5) is 11.6. The van der Waals surface area contributed by atoms with Crippen molar-refractivity contribution >= 4 is 5.96 Å². The highest BCUT2D eigenvalue weighted by atomic mass is 15.2. The van der Waals surface area contributed by atoms with Crippen molar-refractivity contribution < 1.29 is 0 Å². The van der Waals surface area contributed by atoms with Crippen molar-refractivity contribution in [3.8, 4) is 17.5 Å². The van der Waals surface area contributed by atoms with Gasteiger partial charge in [-0.2, -0.15) is 5.26 Å². The van der Waals surface area contributed by atoms with Crippen LogP contribution in [-0.2, 0) is 13.0 Å². The predicted octanol–water partition coefficient (Wildman–Crippen LogP) is 3.23. The van der Waals surface area contributed by atoms with Gasteiger partial charge in [-0.1, -0.05) is 48.5 Å². The van der Waals surface area contributed by atoms with Crippen molar-refractivity contribution in [2.75, 3.05) is 6.54 Å². The second kappa shape index (κ2) is 9.78. The summed E-state index contributed by atoms with van der Waals surface area (Å²) in [5.74, 6) is 0.498. The van der Waals surface area contributed by atoms with Gasteiger partial charge in [-0.25, -0.2) is 9.98 Å². The van der Waals surface area contributed by atoms with Gasteiger partial charge in [-0.3, -0.25) is 5.32 Å². The zero-order valence-electron chi connectivity index (χ0n) is 15.0. The number of H-pyrrole nitrogens is 1. The SMILES string of the molecule is N#CNC(=NCc1cccc(-c2cnc[nH]2)c1)NCCCc1ccccc1. The number of aliphatic imine (C=N–C) groups is 1. The molecule has 3 aromatic rings. The summed E-state index contributed by atoms with van der Waals surface area (Å²) in [6.07, 6.45) is 7.34. The number of rotatable bonds is 7. The fourth-order valence-electron chi connectivity index (χ4n) is 2.76. The van der Waals surface area contributed by atoms with Gasteiger partial charge in [0.15, 0.2) is 6.19 Å². The molecule has 0 bridgehead atoms. The average molecular weight is 358 g/mol. The summed E-state index contributed by atoms with van der Waals surface area (Å²) in [6.45, 7) is 1.23. The van der Waals surface area contributed by atoms with E-state index in [4.69, 9.17) is 5.26 Å². The number of nitrogens with zero attached hydrogens (tertiary/aromatic N) is 3. The van der Waals surface area contributed by atoms with E-state index in [1.807, 2.05) is 42.6 Å². The molecule has 0 aliphatic heterocycles. The first-order chi connectivity index (χ1) is 13.3. The van der Waals surface area contributed by atoms with E-state index in [0.717, 1.165) is 36.2 Å². The third-order valence-corrected chi connectivity index (χ3v) is 4.11. The molecule has 0 atom stereocenters. The number of hydrogen-bond acceptors (Lipinski definition) is 3. The van der Waals surface area contributed by atoms with Gasteiger partial charge in [0, 0.05) is 6.54 Å². The van der Waals surface area contributed by atoms with E-state index in [-0.39, 0.29) is 0 Å². The number of imidazole rings is 1. The van der Waals surface area contributed by atoms with Crippen LogP contribution in [-0.4, -0.2) is 22.5 Å². The quantitative estimate of drug-likeness (QED) is 0.199. The molecule has 1 aromatic heterocycles. The van der Waals surface area contributed by atoms with Crippen LogP contribution in [0.15, 0.2) is 72.1 Å². The Hall–Kier alpha value is -3.59. The van der Waals surface area contributed by atoms with Crippen LogP contribution < -0.4 is 10.6 Å². The Balaban J connectivity index is 1.54. The zero-order valence-corrected chi connectivity index (χ0v) is 15.0. The molecule has 0 amide bonds. The maximum absolute atomic E-state index is 8.94. The smallest absolute Gasteiger partial charge is 0.205 e. The fraction of sp³-hybridized carbons (Fsp3) is 0.190. The molecule has 0 aliphatic carbocycles. The minimum atomic E-state index is 0.484. The van der Waals surface area contributed by atoms with Gasteiger partial charge in [0.2, 0.25) is 5.96 Å². The number of nitriles is 1. The summed E-state index contributed by atoms with van der Waals surface area (Å²) in [5, 5.41) is 14.8. The van der Waals surface area contributed by atoms with Gasteiger partial charge < -0.3 is 10.3 Å². The Morgan fingerprint density at radius 3 is 2.74 bits per heavy atom. The second-order valence-corrected chi connectivity index (χ2v) is 6.08. The van der Waals surface area contributed by atoms with E-state index in [1.54, 1.807) is 12.5 Å². The molecule has 27 heavy (non-hydrogen) atoms. The number of benzene rings is 2. The zero-order chi connectivity index (χ0) is 18.7. The first-order valence-electron chi connectivity index (χ1n) is 8.90. The summed E-state index contributed by atoms with van der Waals surface area (Å²) in [7, 11) is 0. The second-order valence-electron chi connectivity index (χ2n) is 6.08. The lowest BCUT2D eigenvalue weighted by atomic mass is 10.1. The summed E-state index contributed by atoms with van der Waals surface area (Å²) < 4.78 is 0. The van der Waals surface area contributed by atoms with Gasteiger partial charge in [0.25, 0.3) is 0 Å². The minimum Gasteiger partial charge on any atom is -0.356 e. The van der Waals surface area contributed by atoms with Crippen LogP contribution in [0.5, 0.6) is 0 Å². The molecule has 136 valence electrons. The maximum Gasteiger partial charge on any atom is 0.205 e. The minimum absolute atomic E-state index is 0.484. The molecular formula is C21H22N6. The van der Waals surface area contributed by atoms with E-state index < -0.39 is 0 Å². The van der Waals surface area contributed by atoms with Crippen molar-refractivity contribution in [1.29, 1.82) is 5.26 Å². The highest BCUT2D eigenvalue weighted by Gasteiger charge is 2.02. The molecule has 0 unspecified atom stereocenters. The first-order valence-corrected chi connectivity index (χ1v) is 8.90. The molecular weight excluding hydrogens is 336 g/mol. The van der Waals surface area contributed by atoms with Gasteiger partial charge in [-0.05, 0) is 35.6 Å². The lowest BCUT2D eigenvalue weighted by molar-refractivity contribution is 0.758. The molecule has 3 rings (SSSR count). The molecule has 6 nitrogen and oxygen atoms in total. The Labute approximate surface area is 159 Å². The van der Waals surface area contributed by atoms with E-state index in [2.05, 4.69) is 43.8 Å². The molecule has 0 spiro atoms. The Bertz CT molecular complexity index is 894. The number of nitrogens with one attached hydrogen (secondary N) is 3. The third-order valence-electron chi connectivity index (χ3n) is 4.11. The molecule has 1 heterocycles. The summed E-state index contributed by atoms with van der Waals surface area (Å²) in [6, 6.07) is 18.4. The van der Waals surface area contributed by atoms with Crippen LogP contribution in [0.1, 0.15) is 17.5 Å². The molecule has 2 aromatic carbocycles. The van der Waals surface area contributed by atoms with Crippen LogP contribution in [0.4, 0.5) is 0 Å². The van der Waals surface area contributed by atoms with Crippen molar-refractivity contribution in [3.05, 3.63) is 78.2 Å². The van der Waals surface area contributed by atoms with Crippen LogP contribution >= 0.6 is 0 Å². The maximum atomic E-state index is 8.94. The Kier molecular flexibility index (Phi) is 6.60. The number of aryl methyl sites for hydroxylation is 1. The van der Waals surface area contributed by atoms with Crippen LogP contribution in [0, 0.1) is 11.5 Å². The normalized spacial score (nSPS) is 11.0. The van der Waals surface area contributed by atoms with Gasteiger partial charge in [0.1, 0.15) is 0 Å². The monoisotopic (exact) mass is 358 g/mol. The highest BCUT2D eigenvalue weighted by Crippen LogP contribution is 2.17. The van der Waals surface area contributed by atoms with E-state index in [1.165, 1.54) is 5.56 Å². The van der Waals surface area contributed by atoms with E-state index in [0.29, 0.717) is 12.5 Å². The van der Waals surface area contributed by atoms with E-state index >= 15 is 0 Å². The molecule has 0 saturated heterocycles. The number of hydrogen-bond donors (Lipinski definition) is 3. The average Bonchev–Trinajstić information content (AvgIpc) is 3.25. The summed E-state index contributed by atoms with van der Waals surface area (Å²) in [5.41, 5.74) is 4.40. The number of aromatic amines is 1. The van der Waals surface area contributed by atoms with E-state index in [9.17, 15) is 0 Å². The predicted molar refractivity (Wildman–Crippen MR) is 107 cm³/mol.